The van der Waals surface area contributed by atoms with Crippen molar-refractivity contribution in [1.82, 2.24) is 15.0 Å². The zero-order valence-corrected chi connectivity index (χ0v) is 13.6. The van der Waals surface area contributed by atoms with Crippen molar-refractivity contribution in [2.24, 2.45) is 0 Å². The Morgan fingerprint density at radius 3 is 3.04 bits per heavy atom. The van der Waals surface area contributed by atoms with E-state index in [0.29, 0.717) is 6.42 Å². The van der Waals surface area contributed by atoms with Gasteiger partial charge < -0.3 is 9.42 Å². The highest BCUT2D eigenvalue weighted by Crippen LogP contribution is 2.33. The molecule has 1 aromatic carbocycles. The van der Waals surface area contributed by atoms with Crippen LogP contribution in [0.15, 0.2) is 47.2 Å². The van der Waals surface area contributed by atoms with Crippen LogP contribution in [0, 0.1) is 6.92 Å². The van der Waals surface area contributed by atoms with Gasteiger partial charge in [0.25, 0.3) is 0 Å². The third-order valence-corrected chi connectivity index (χ3v) is 4.64. The van der Waals surface area contributed by atoms with Crippen LogP contribution in [0.1, 0.15) is 35.9 Å². The van der Waals surface area contributed by atoms with Crippen LogP contribution in [0.2, 0.25) is 0 Å². The molecule has 4 rings (SSSR count). The van der Waals surface area contributed by atoms with Crippen molar-refractivity contribution in [3.8, 4) is 0 Å². The minimum absolute atomic E-state index is 0.00151. The maximum absolute atomic E-state index is 12.9. The molecule has 122 valence electrons. The summed E-state index contributed by atoms with van der Waals surface area (Å²) in [7, 11) is 0. The Bertz CT molecular complexity index is 882. The maximum Gasteiger partial charge on any atom is 0.227 e. The van der Waals surface area contributed by atoms with Gasteiger partial charge in [-0.25, -0.2) is 0 Å². The minimum atomic E-state index is 0.00151. The van der Waals surface area contributed by atoms with E-state index < -0.39 is 0 Å². The Morgan fingerprint density at radius 2 is 2.21 bits per heavy atom. The van der Waals surface area contributed by atoms with Gasteiger partial charge in [0.05, 0.1) is 18.2 Å². The molecule has 1 unspecified atom stereocenters. The summed E-state index contributed by atoms with van der Waals surface area (Å²) < 4.78 is 5.39. The molecule has 0 N–H and O–H groups in total. The number of amides is 1. The molecule has 1 amide bonds. The predicted molar refractivity (Wildman–Crippen MR) is 90.4 cm³/mol. The molecule has 1 fully saturated rings. The lowest BCUT2D eigenvalue weighted by Gasteiger charge is -2.23. The first-order chi connectivity index (χ1) is 11.7. The Morgan fingerprint density at radius 1 is 1.33 bits per heavy atom. The molecule has 0 spiro atoms. The summed E-state index contributed by atoms with van der Waals surface area (Å²) in [6.45, 7) is 2.66. The van der Waals surface area contributed by atoms with E-state index in [9.17, 15) is 4.79 Å². The van der Waals surface area contributed by atoms with Crippen molar-refractivity contribution in [2.45, 2.75) is 32.2 Å². The SMILES string of the molecule is Cc1cc(C2CCCN2C(=O)Cc2cncc3ccccc23)on1. The molecule has 3 heterocycles. The van der Waals surface area contributed by atoms with Crippen LogP contribution in [0.5, 0.6) is 0 Å². The van der Waals surface area contributed by atoms with Gasteiger partial charge in [0, 0.05) is 30.4 Å². The molecule has 0 saturated carbocycles. The Labute approximate surface area is 140 Å². The molecule has 0 bridgehead atoms. The number of aromatic nitrogens is 2. The summed E-state index contributed by atoms with van der Waals surface area (Å²) in [4.78, 5) is 19.1. The van der Waals surface area contributed by atoms with Crippen molar-refractivity contribution in [3.63, 3.8) is 0 Å². The van der Waals surface area contributed by atoms with Crippen LogP contribution in [0.3, 0.4) is 0 Å². The fourth-order valence-electron chi connectivity index (χ4n) is 3.49. The molecule has 2 aromatic heterocycles. The van der Waals surface area contributed by atoms with E-state index >= 15 is 0 Å². The molecule has 5 heteroatoms. The fraction of sp³-hybridized carbons (Fsp3) is 0.316. The Balaban J connectivity index is 1.59. The maximum atomic E-state index is 12.9. The number of benzene rings is 1. The van der Waals surface area contributed by atoms with Crippen LogP contribution in [0.25, 0.3) is 10.8 Å². The number of carbonyl (C=O) groups excluding carboxylic acids is 1. The molecule has 1 aliphatic rings. The largest absolute Gasteiger partial charge is 0.359 e. The van der Waals surface area contributed by atoms with E-state index in [0.717, 1.165) is 47.2 Å². The minimum Gasteiger partial charge on any atom is -0.359 e. The first-order valence-corrected chi connectivity index (χ1v) is 8.26. The van der Waals surface area contributed by atoms with Gasteiger partial charge in [0.1, 0.15) is 0 Å². The topological polar surface area (TPSA) is 59.2 Å². The van der Waals surface area contributed by atoms with Crippen molar-refractivity contribution < 1.29 is 9.32 Å². The molecule has 1 aliphatic heterocycles. The quantitative estimate of drug-likeness (QED) is 0.741. The summed E-state index contributed by atoms with van der Waals surface area (Å²) in [6, 6.07) is 9.97. The van der Waals surface area contributed by atoms with Gasteiger partial charge in [-0.05, 0) is 30.7 Å². The monoisotopic (exact) mass is 321 g/mol. The lowest BCUT2D eigenvalue weighted by atomic mass is 10.0. The average molecular weight is 321 g/mol. The molecular formula is C19H19N3O2. The molecular weight excluding hydrogens is 302 g/mol. The smallest absolute Gasteiger partial charge is 0.227 e. The predicted octanol–water partition coefficient (Wildman–Crippen LogP) is 3.44. The van der Waals surface area contributed by atoms with Gasteiger partial charge in [-0.1, -0.05) is 29.4 Å². The number of fused-ring (bicyclic) bond motifs is 1. The third-order valence-electron chi connectivity index (χ3n) is 4.64. The van der Waals surface area contributed by atoms with Gasteiger partial charge in [-0.2, -0.15) is 0 Å². The average Bonchev–Trinajstić information content (AvgIpc) is 3.24. The molecule has 0 radical (unpaired) electrons. The van der Waals surface area contributed by atoms with Crippen molar-refractivity contribution in [1.29, 1.82) is 0 Å². The highest BCUT2D eigenvalue weighted by molar-refractivity contribution is 5.89. The van der Waals surface area contributed by atoms with E-state index in [1.165, 1.54) is 0 Å². The lowest BCUT2D eigenvalue weighted by Crippen LogP contribution is -2.31. The van der Waals surface area contributed by atoms with Crippen LogP contribution in [-0.4, -0.2) is 27.5 Å². The third kappa shape index (κ3) is 2.66. The molecule has 5 nitrogen and oxygen atoms in total. The first kappa shape index (κ1) is 14.9. The number of pyridine rings is 1. The van der Waals surface area contributed by atoms with E-state index in [1.807, 2.05) is 48.4 Å². The summed E-state index contributed by atoms with van der Waals surface area (Å²) in [5.74, 6) is 0.902. The van der Waals surface area contributed by atoms with Gasteiger partial charge >= 0.3 is 0 Å². The standard InChI is InChI=1S/C19H19N3O2/c1-13-9-18(24-21-13)17-7-4-8-22(17)19(23)10-15-12-20-11-14-5-2-3-6-16(14)15/h2-3,5-6,9,11-12,17H,4,7-8,10H2,1H3. The van der Waals surface area contributed by atoms with Crippen LogP contribution < -0.4 is 0 Å². The number of likely N-dealkylation sites (tertiary alicyclic amines) is 1. The van der Waals surface area contributed by atoms with E-state index in [-0.39, 0.29) is 11.9 Å². The molecule has 3 aromatic rings. The molecule has 24 heavy (non-hydrogen) atoms. The van der Waals surface area contributed by atoms with Gasteiger partial charge in [-0.15, -0.1) is 0 Å². The number of carbonyl (C=O) groups is 1. The first-order valence-electron chi connectivity index (χ1n) is 8.26. The van der Waals surface area contributed by atoms with E-state index in [4.69, 9.17) is 4.52 Å². The van der Waals surface area contributed by atoms with Gasteiger partial charge in [0.15, 0.2) is 5.76 Å². The van der Waals surface area contributed by atoms with E-state index in [2.05, 4.69) is 10.1 Å². The number of rotatable bonds is 3. The lowest BCUT2D eigenvalue weighted by molar-refractivity contribution is -0.131. The van der Waals surface area contributed by atoms with Crippen molar-refractivity contribution in [2.75, 3.05) is 6.54 Å². The fourth-order valence-corrected chi connectivity index (χ4v) is 3.49. The molecule has 1 atom stereocenters. The second kappa shape index (κ2) is 6.07. The number of hydrogen-bond donors (Lipinski definition) is 0. The normalized spacial score (nSPS) is 17.5. The van der Waals surface area contributed by atoms with Crippen LogP contribution >= 0.6 is 0 Å². The zero-order valence-electron chi connectivity index (χ0n) is 13.6. The Hall–Kier alpha value is -2.69. The number of hydrogen-bond acceptors (Lipinski definition) is 4. The highest BCUT2D eigenvalue weighted by atomic mass is 16.5. The summed E-state index contributed by atoms with van der Waals surface area (Å²) in [6.07, 6.45) is 5.90. The van der Waals surface area contributed by atoms with E-state index in [1.54, 1.807) is 6.20 Å². The second-order valence-electron chi connectivity index (χ2n) is 6.31. The summed E-state index contributed by atoms with van der Waals surface area (Å²) in [5, 5.41) is 6.11. The van der Waals surface area contributed by atoms with Crippen molar-refractivity contribution in [3.05, 3.63) is 59.7 Å². The highest BCUT2D eigenvalue weighted by Gasteiger charge is 2.32. The summed E-state index contributed by atoms with van der Waals surface area (Å²) in [5.41, 5.74) is 1.82. The second-order valence-corrected chi connectivity index (χ2v) is 6.31. The molecule has 0 aliphatic carbocycles. The number of aryl methyl sites for hydroxylation is 1. The number of nitrogens with zero attached hydrogens (tertiary/aromatic N) is 3. The van der Waals surface area contributed by atoms with Crippen LogP contribution in [0.4, 0.5) is 0 Å². The molecule has 1 saturated heterocycles. The Kier molecular flexibility index (Phi) is 3.76. The van der Waals surface area contributed by atoms with Gasteiger partial charge in [0.2, 0.25) is 5.91 Å². The van der Waals surface area contributed by atoms with Crippen LogP contribution in [-0.2, 0) is 11.2 Å². The zero-order chi connectivity index (χ0) is 16.5. The van der Waals surface area contributed by atoms with Crippen molar-refractivity contribution >= 4 is 16.7 Å². The summed E-state index contributed by atoms with van der Waals surface area (Å²) >= 11 is 0. The van der Waals surface area contributed by atoms with Gasteiger partial charge in [-0.3, -0.25) is 9.78 Å².